The maximum Gasteiger partial charge on any atom is 0.172 e. The first-order valence-corrected chi connectivity index (χ1v) is 7.49. The highest BCUT2D eigenvalue weighted by Crippen LogP contribution is 2.23. The van der Waals surface area contributed by atoms with E-state index >= 15 is 0 Å². The maximum atomic E-state index is 12.1. The Hall–Kier alpha value is -2.14. The van der Waals surface area contributed by atoms with Gasteiger partial charge in [0.05, 0.1) is 19.1 Å². The minimum atomic E-state index is -1.43. The summed E-state index contributed by atoms with van der Waals surface area (Å²) in [5.41, 5.74) is 1.87. The van der Waals surface area contributed by atoms with Crippen molar-refractivity contribution in [1.82, 2.24) is 0 Å². The summed E-state index contributed by atoms with van der Waals surface area (Å²) in [5.74, 6) is 1.32. The SMILES string of the molecule is COc1ccc(/C=N/[S@@](=O)c2ccc(C)cc2)c(OC)c1. The van der Waals surface area contributed by atoms with Crippen LogP contribution in [0.1, 0.15) is 11.1 Å². The van der Waals surface area contributed by atoms with Gasteiger partial charge in [-0.1, -0.05) is 17.7 Å². The second kappa shape index (κ2) is 7.04. The first kappa shape index (κ1) is 15.3. The molecule has 0 N–H and O–H groups in total. The summed E-state index contributed by atoms with van der Waals surface area (Å²) in [6.07, 6.45) is 1.55. The Kier molecular flexibility index (Phi) is 5.11. The molecule has 0 unspecified atom stereocenters. The Morgan fingerprint density at radius 3 is 2.38 bits per heavy atom. The number of rotatable bonds is 5. The molecule has 0 aliphatic carbocycles. The Balaban J connectivity index is 2.20. The summed E-state index contributed by atoms with van der Waals surface area (Å²) in [4.78, 5) is 0.671. The van der Waals surface area contributed by atoms with Gasteiger partial charge < -0.3 is 9.47 Å². The molecule has 0 spiro atoms. The molecule has 2 rings (SSSR count). The molecule has 0 fully saturated rings. The first-order valence-electron chi connectivity index (χ1n) is 6.38. The number of aryl methyl sites for hydroxylation is 1. The fourth-order valence-electron chi connectivity index (χ4n) is 1.75. The molecule has 0 amide bonds. The quantitative estimate of drug-likeness (QED) is 0.797. The third-order valence-corrected chi connectivity index (χ3v) is 3.92. The number of ether oxygens (including phenoxy) is 2. The summed E-state index contributed by atoms with van der Waals surface area (Å²) in [6, 6.07) is 12.8. The molecule has 4 nitrogen and oxygen atoms in total. The van der Waals surface area contributed by atoms with Gasteiger partial charge in [0.25, 0.3) is 0 Å². The van der Waals surface area contributed by atoms with E-state index < -0.39 is 11.0 Å². The van der Waals surface area contributed by atoms with Crippen molar-refractivity contribution in [2.75, 3.05) is 14.2 Å². The van der Waals surface area contributed by atoms with Crippen LogP contribution < -0.4 is 9.47 Å². The topological polar surface area (TPSA) is 47.9 Å². The van der Waals surface area contributed by atoms with Crippen LogP contribution >= 0.6 is 0 Å². The normalized spacial score (nSPS) is 12.3. The predicted molar refractivity (Wildman–Crippen MR) is 84.7 cm³/mol. The van der Waals surface area contributed by atoms with Crippen LogP contribution in [0.5, 0.6) is 11.5 Å². The molecule has 21 heavy (non-hydrogen) atoms. The summed E-state index contributed by atoms with van der Waals surface area (Å²) in [5, 5.41) is 0. The van der Waals surface area contributed by atoms with Crippen molar-refractivity contribution in [1.29, 1.82) is 0 Å². The van der Waals surface area contributed by atoms with E-state index in [0.717, 1.165) is 11.1 Å². The van der Waals surface area contributed by atoms with Crippen LogP contribution in [-0.4, -0.2) is 24.6 Å². The number of methoxy groups -OCH3 is 2. The van der Waals surface area contributed by atoms with Crippen molar-refractivity contribution >= 4 is 17.2 Å². The number of hydrogen-bond donors (Lipinski definition) is 0. The van der Waals surface area contributed by atoms with Gasteiger partial charge in [0, 0.05) is 17.8 Å². The monoisotopic (exact) mass is 303 g/mol. The average Bonchev–Trinajstić information content (AvgIpc) is 2.53. The van der Waals surface area contributed by atoms with Gasteiger partial charge >= 0.3 is 0 Å². The Bertz CT molecular complexity index is 666. The van der Waals surface area contributed by atoms with Gasteiger partial charge in [-0.25, -0.2) is 4.21 Å². The van der Waals surface area contributed by atoms with E-state index in [9.17, 15) is 4.21 Å². The van der Waals surface area contributed by atoms with E-state index in [1.54, 1.807) is 32.6 Å². The molecule has 1 atom stereocenters. The van der Waals surface area contributed by atoms with E-state index in [-0.39, 0.29) is 0 Å². The second-order valence-corrected chi connectivity index (χ2v) is 5.59. The van der Waals surface area contributed by atoms with Crippen molar-refractivity contribution in [2.24, 2.45) is 4.40 Å². The fraction of sp³-hybridized carbons (Fsp3) is 0.188. The Labute approximate surface area is 127 Å². The minimum Gasteiger partial charge on any atom is -0.497 e. The van der Waals surface area contributed by atoms with Crippen LogP contribution in [0, 0.1) is 6.92 Å². The smallest absolute Gasteiger partial charge is 0.172 e. The number of hydrogen-bond acceptors (Lipinski definition) is 3. The van der Waals surface area contributed by atoms with Crippen LogP contribution in [0.3, 0.4) is 0 Å². The van der Waals surface area contributed by atoms with E-state index in [4.69, 9.17) is 9.47 Å². The van der Waals surface area contributed by atoms with Gasteiger partial charge in [-0.05, 0) is 31.2 Å². The third-order valence-electron chi connectivity index (χ3n) is 2.95. The second-order valence-electron chi connectivity index (χ2n) is 4.40. The zero-order valence-corrected chi connectivity index (χ0v) is 13.0. The van der Waals surface area contributed by atoms with Crippen molar-refractivity contribution in [3.8, 4) is 11.5 Å². The number of nitrogens with zero attached hydrogens (tertiary/aromatic N) is 1. The third kappa shape index (κ3) is 3.92. The van der Waals surface area contributed by atoms with Gasteiger partial charge in [0.15, 0.2) is 11.0 Å². The van der Waals surface area contributed by atoms with Crippen molar-refractivity contribution in [2.45, 2.75) is 11.8 Å². The summed E-state index contributed by atoms with van der Waals surface area (Å²) >= 11 is 0. The summed E-state index contributed by atoms with van der Waals surface area (Å²) < 4.78 is 26.6. The zero-order valence-electron chi connectivity index (χ0n) is 12.2. The Morgan fingerprint density at radius 2 is 1.76 bits per heavy atom. The van der Waals surface area contributed by atoms with Gasteiger partial charge in [0.1, 0.15) is 11.5 Å². The Morgan fingerprint density at radius 1 is 1.05 bits per heavy atom. The molecule has 0 saturated heterocycles. The van der Waals surface area contributed by atoms with E-state index in [0.29, 0.717) is 16.4 Å². The van der Waals surface area contributed by atoms with Crippen LogP contribution in [0.25, 0.3) is 0 Å². The molecule has 5 heteroatoms. The zero-order chi connectivity index (χ0) is 15.2. The van der Waals surface area contributed by atoms with Gasteiger partial charge in [-0.2, -0.15) is 4.40 Å². The van der Waals surface area contributed by atoms with Crippen LogP contribution in [0.4, 0.5) is 0 Å². The summed E-state index contributed by atoms with van der Waals surface area (Å²) in [6.45, 7) is 1.98. The van der Waals surface area contributed by atoms with E-state index in [2.05, 4.69) is 4.40 Å². The molecule has 0 aliphatic rings. The van der Waals surface area contributed by atoms with Crippen molar-refractivity contribution < 1.29 is 13.7 Å². The standard InChI is InChI=1S/C16H17NO3S/c1-12-4-8-15(9-5-12)21(18)17-11-13-6-7-14(19-2)10-16(13)20-3/h4-11H,1-3H3/b17-11+/t21-/m0/s1. The lowest BCUT2D eigenvalue weighted by atomic mass is 10.2. The fourth-order valence-corrected chi connectivity index (χ4v) is 2.45. The number of benzene rings is 2. The van der Waals surface area contributed by atoms with E-state index in [1.165, 1.54) is 0 Å². The largest absolute Gasteiger partial charge is 0.497 e. The molecular formula is C16H17NO3S. The molecule has 0 radical (unpaired) electrons. The average molecular weight is 303 g/mol. The molecule has 0 aromatic heterocycles. The molecular weight excluding hydrogens is 286 g/mol. The molecule has 0 saturated carbocycles. The van der Waals surface area contributed by atoms with Crippen LogP contribution in [0.2, 0.25) is 0 Å². The van der Waals surface area contributed by atoms with Crippen LogP contribution in [-0.2, 0) is 11.0 Å². The van der Waals surface area contributed by atoms with Crippen LogP contribution in [0.15, 0.2) is 51.8 Å². The first-order chi connectivity index (χ1) is 10.1. The highest BCUT2D eigenvalue weighted by atomic mass is 32.2. The lowest BCUT2D eigenvalue weighted by Gasteiger charge is -2.06. The highest BCUT2D eigenvalue weighted by molar-refractivity contribution is 7.83. The van der Waals surface area contributed by atoms with Gasteiger partial charge in [-0.3, -0.25) is 0 Å². The maximum absolute atomic E-state index is 12.1. The molecule has 0 bridgehead atoms. The summed E-state index contributed by atoms with van der Waals surface area (Å²) in [7, 11) is 1.74. The van der Waals surface area contributed by atoms with Crippen molar-refractivity contribution in [3.05, 3.63) is 53.6 Å². The lowest BCUT2D eigenvalue weighted by molar-refractivity contribution is 0.394. The van der Waals surface area contributed by atoms with Gasteiger partial charge in [-0.15, -0.1) is 0 Å². The molecule has 0 aliphatic heterocycles. The minimum absolute atomic E-state index is 0.624. The highest BCUT2D eigenvalue weighted by Gasteiger charge is 2.04. The van der Waals surface area contributed by atoms with E-state index in [1.807, 2.05) is 37.3 Å². The van der Waals surface area contributed by atoms with Crippen molar-refractivity contribution in [3.63, 3.8) is 0 Å². The predicted octanol–water partition coefficient (Wildman–Crippen LogP) is 3.15. The molecule has 2 aromatic rings. The lowest BCUT2D eigenvalue weighted by Crippen LogP contribution is -1.94. The molecule has 110 valence electrons. The van der Waals surface area contributed by atoms with Gasteiger partial charge in [0.2, 0.25) is 0 Å². The molecule has 0 heterocycles. The molecule has 2 aromatic carbocycles.